The number of nitro groups is 5. The molecular formula is C70H43Br4ClN12O17. The van der Waals surface area contributed by atoms with Crippen LogP contribution >= 0.6 is 75.3 Å². The number of phenols is 4. The van der Waals surface area contributed by atoms with Crippen molar-refractivity contribution in [3.8, 4) is 34.5 Å². The highest BCUT2D eigenvalue weighted by Crippen LogP contribution is 2.40. The van der Waals surface area contributed by atoms with Crippen LogP contribution < -0.4 is 4.74 Å². The van der Waals surface area contributed by atoms with Gasteiger partial charge in [-0.1, -0.05) is 102 Å². The van der Waals surface area contributed by atoms with Gasteiger partial charge >= 0.3 is 17.3 Å². The normalized spacial score (nSPS) is 10.9. The van der Waals surface area contributed by atoms with Gasteiger partial charge in [0.25, 0.3) is 17.1 Å². The van der Waals surface area contributed by atoms with Gasteiger partial charge in [0.1, 0.15) is 28.0 Å². The molecule has 0 spiro atoms. The van der Waals surface area contributed by atoms with Crippen LogP contribution in [0.3, 0.4) is 0 Å². The van der Waals surface area contributed by atoms with Crippen molar-refractivity contribution in [2.24, 2.45) is 9.98 Å². The largest absolute Gasteiger partial charge is 0.507 e. The molecule has 0 saturated heterocycles. The third kappa shape index (κ3) is 18.8. The monoisotopic (exact) mass is 1670 g/mol. The summed E-state index contributed by atoms with van der Waals surface area (Å²) in [5, 5.41) is 106. The second-order valence-corrected chi connectivity index (χ2v) is 24.7. The number of pyridine rings is 5. The van der Waals surface area contributed by atoms with Crippen molar-refractivity contribution in [1.82, 2.24) is 24.9 Å². The molecule has 29 nitrogen and oxygen atoms in total. The zero-order valence-corrected chi connectivity index (χ0v) is 59.4. The maximum atomic E-state index is 12.3. The Balaban J connectivity index is 0.000000152. The van der Waals surface area contributed by atoms with Gasteiger partial charge in [-0.2, -0.15) is 0 Å². The number of carbonyl (C=O) groups is 1. The Morgan fingerprint density at radius 3 is 1.72 bits per heavy atom. The highest BCUT2D eigenvalue weighted by Gasteiger charge is 2.22. The number of rotatable bonds is 13. The summed E-state index contributed by atoms with van der Waals surface area (Å²) in [6, 6.07) is 47.1. The van der Waals surface area contributed by atoms with Crippen LogP contribution in [0.4, 0.5) is 39.9 Å². The average Bonchev–Trinajstić information content (AvgIpc) is 0.762. The van der Waals surface area contributed by atoms with E-state index in [9.17, 15) is 80.9 Å². The zero-order chi connectivity index (χ0) is 74.9. The Morgan fingerprint density at radius 1 is 0.452 bits per heavy atom. The molecule has 0 fully saturated rings. The minimum Gasteiger partial charge on any atom is -0.507 e. The number of hydrogen-bond donors (Lipinski definition) is 5. The fraction of sp³-hybridized carbons (Fsp3) is 0. The highest BCUT2D eigenvalue weighted by molar-refractivity contribution is 9.11. The van der Waals surface area contributed by atoms with Gasteiger partial charge < -0.3 is 30.3 Å². The standard InChI is InChI=1S/C17H12N2O3.C16H8Br2N2O4.C16H10BrN3O3.C12H8BrN3O4.C9H5ClN2O3/c20-16-7-3-5-13-9-11-14(18-17(13)16)10-8-12-4-1-2-6-15(12)19(21)22;17-12-8-13(18)15(14-11(12)2-1-7-19-14)24-16(21)9-3-5-10(6-4-9)20(22)23;17-13-4-5-14(16-12(13)2-1-7-18-16)19-9-10-8-11(20(22)23)3-6-15(10)21;13-8-4-7(11(18)9(5-8)16(19)20)6-15-12-10(17)2-1-3-14-12;10-6-4-7(12(14)15)9(13)8-5(6)2-1-3-11-8/h1-11,20H;1-8H;1-9,21H;1-6,17-18H;1-4,13H/b10-8+;;;;. The third-order valence-corrected chi connectivity index (χ3v) is 16.9. The molecule has 34 heteroatoms. The van der Waals surface area contributed by atoms with Gasteiger partial charge in [0, 0.05) is 126 Å². The number of para-hydroxylation sites is 2. The molecule has 0 bridgehead atoms. The number of non-ortho nitro benzene ring substituents is 2. The van der Waals surface area contributed by atoms with Crippen LogP contribution in [-0.4, -0.2) is 93.5 Å². The number of nitro benzene ring substituents is 5. The first-order chi connectivity index (χ1) is 49.8. The number of ether oxygens (including phenoxy) is 1. The van der Waals surface area contributed by atoms with Gasteiger partial charge in [0.15, 0.2) is 17.3 Å². The van der Waals surface area contributed by atoms with Crippen LogP contribution in [0.1, 0.15) is 32.7 Å². The van der Waals surface area contributed by atoms with Gasteiger partial charge in [-0.3, -0.25) is 70.5 Å². The number of fused-ring (bicyclic) bond motifs is 4. The minimum atomic E-state index is -0.699. The molecule has 8 aromatic carbocycles. The lowest BCUT2D eigenvalue weighted by atomic mass is 10.1. The van der Waals surface area contributed by atoms with E-state index >= 15 is 0 Å². The molecule has 0 unspecified atom stereocenters. The SMILES string of the molecule is O=C(Oc1c(Br)cc(Br)c2cccnc12)c1ccc([N+](=O)[O-])cc1.O=[N+]([O-])c1cc(Br)cc(C=Nc2ncccc2O)c1O.O=[N+]([O-])c1cc(Cl)c2cccnc2c1O.O=[N+]([O-])c1ccc(O)c(C=Nc2ccc(Br)c3cccnc23)c1.O=[N+]([O-])c1ccccc1/C=C/c1ccc2cccc(O)c2n1. The predicted octanol–water partition coefficient (Wildman–Crippen LogP) is 18.7. The number of phenolic OH excluding ortho intramolecular Hbond substituents is 4. The van der Waals surface area contributed by atoms with Crippen molar-refractivity contribution in [2.45, 2.75) is 0 Å². The minimum absolute atomic E-state index is 0.0439. The number of halogens is 5. The first-order valence-electron chi connectivity index (χ1n) is 29.3. The van der Waals surface area contributed by atoms with Crippen LogP contribution in [0.15, 0.2) is 235 Å². The summed E-state index contributed by atoms with van der Waals surface area (Å²) in [4.78, 5) is 92.1. The van der Waals surface area contributed by atoms with Crippen LogP contribution in [0.25, 0.3) is 55.8 Å². The fourth-order valence-corrected chi connectivity index (χ4v) is 11.7. The van der Waals surface area contributed by atoms with Gasteiger partial charge in [-0.25, -0.2) is 19.8 Å². The number of aromatic hydroxyl groups is 5. The van der Waals surface area contributed by atoms with Crippen molar-refractivity contribution >= 4 is 189 Å². The van der Waals surface area contributed by atoms with E-state index in [4.69, 9.17) is 16.3 Å². The van der Waals surface area contributed by atoms with E-state index in [2.05, 4.69) is 98.6 Å². The summed E-state index contributed by atoms with van der Waals surface area (Å²) in [6.45, 7) is 0. The molecule has 13 rings (SSSR count). The van der Waals surface area contributed by atoms with Gasteiger partial charge in [-0.05, 0) is 125 Å². The molecule has 0 saturated carbocycles. The Morgan fingerprint density at radius 2 is 1.05 bits per heavy atom. The lowest BCUT2D eigenvalue weighted by molar-refractivity contribution is -0.386. The van der Waals surface area contributed by atoms with Crippen LogP contribution in [-0.2, 0) is 0 Å². The molecule has 5 heterocycles. The van der Waals surface area contributed by atoms with Crippen molar-refractivity contribution in [3.05, 3.63) is 308 Å². The van der Waals surface area contributed by atoms with Crippen molar-refractivity contribution in [3.63, 3.8) is 0 Å². The first-order valence-corrected chi connectivity index (χ1v) is 32.8. The van der Waals surface area contributed by atoms with Crippen molar-refractivity contribution < 1.29 is 59.7 Å². The molecule has 0 amide bonds. The Kier molecular flexibility index (Phi) is 25.1. The quantitative estimate of drug-likeness (QED) is 0.0235. The van der Waals surface area contributed by atoms with E-state index in [0.717, 1.165) is 31.2 Å². The van der Waals surface area contributed by atoms with E-state index in [0.29, 0.717) is 47.8 Å². The van der Waals surface area contributed by atoms with Gasteiger partial charge in [-0.15, -0.1) is 0 Å². The summed E-state index contributed by atoms with van der Waals surface area (Å²) in [7, 11) is 0. The van der Waals surface area contributed by atoms with Crippen LogP contribution in [0.2, 0.25) is 5.02 Å². The summed E-state index contributed by atoms with van der Waals surface area (Å²) < 4.78 is 8.16. The Labute approximate surface area is 622 Å². The summed E-state index contributed by atoms with van der Waals surface area (Å²) in [6.07, 6.45) is 12.1. The molecule has 0 aliphatic rings. The zero-order valence-electron chi connectivity index (χ0n) is 52.3. The van der Waals surface area contributed by atoms with Gasteiger partial charge in [0.05, 0.1) is 62.1 Å². The molecule has 5 aromatic heterocycles. The molecule has 104 heavy (non-hydrogen) atoms. The molecule has 0 aliphatic heterocycles. The number of carbonyl (C=O) groups excluding carboxylic acids is 1. The van der Waals surface area contributed by atoms with E-state index < -0.39 is 53.5 Å². The van der Waals surface area contributed by atoms with Crippen molar-refractivity contribution in [1.29, 1.82) is 0 Å². The Bertz CT molecular complexity index is 5630. The number of aliphatic imine (C=N–C) groups is 2. The average molecular weight is 1680 g/mol. The van der Waals surface area contributed by atoms with Crippen molar-refractivity contribution in [2.75, 3.05) is 0 Å². The maximum Gasteiger partial charge on any atom is 0.343 e. The maximum absolute atomic E-state index is 12.3. The van der Waals surface area contributed by atoms with E-state index in [-0.39, 0.29) is 73.1 Å². The molecule has 520 valence electrons. The lowest BCUT2D eigenvalue weighted by Gasteiger charge is -2.10. The van der Waals surface area contributed by atoms with E-state index in [1.807, 2.05) is 36.4 Å². The number of esters is 1. The second-order valence-electron chi connectivity index (χ2n) is 20.8. The van der Waals surface area contributed by atoms with Crippen LogP contribution in [0, 0.1) is 50.6 Å². The van der Waals surface area contributed by atoms with E-state index in [1.54, 1.807) is 91.3 Å². The topological polar surface area (TPSA) is 432 Å². The smallest absolute Gasteiger partial charge is 0.343 e. The molecule has 0 atom stereocenters. The molecule has 13 aromatic rings. The third-order valence-electron chi connectivity index (χ3n) is 14.2. The molecule has 0 radical (unpaired) electrons. The lowest BCUT2D eigenvalue weighted by Crippen LogP contribution is -2.09. The Hall–Kier alpha value is -12.7. The summed E-state index contributed by atoms with van der Waals surface area (Å²) in [5.74, 6) is -1.34. The second kappa shape index (κ2) is 34.6. The highest BCUT2D eigenvalue weighted by atomic mass is 79.9. The predicted molar refractivity (Wildman–Crippen MR) is 403 cm³/mol. The molecule has 5 N–H and O–H groups in total. The summed E-state index contributed by atoms with van der Waals surface area (Å²) >= 11 is 19.2. The first kappa shape index (κ1) is 75.5. The molecular weight excluding hydrogens is 1640 g/mol. The number of benzene rings is 8. The summed E-state index contributed by atoms with van der Waals surface area (Å²) in [5.41, 5.74) is 3.17. The molecule has 0 aliphatic carbocycles. The van der Waals surface area contributed by atoms with Crippen LogP contribution in [0.5, 0.6) is 34.5 Å². The fourth-order valence-electron chi connectivity index (χ4n) is 9.22. The van der Waals surface area contributed by atoms with Gasteiger partial charge in [0.2, 0.25) is 11.5 Å². The number of nitrogens with zero attached hydrogens (tertiary/aromatic N) is 12. The number of hydrogen-bond acceptors (Lipinski definition) is 24. The number of aromatic nitrogens is 5. The van der Waals surface area contributed by atoms with E-state index in [1.165, 1.54) is 97.6 Å².